The zero-order valence-corrected chi connectivity index (χ0v) is 7.06. The van der Waals surface area contributed by atoms with Gasteiger partial charge in [0.2, 0.25) is 12.9 Å². The highest BCUT2D eigenvalue weighted by Gasteiger charge is 2.34. The average Bonchev–Trinajstić information content (AvgIpc) is 2.36. The third kappa shape index (κ3) is 2.02. The molecule has 1 N–H and O–H groups in total. The summed E-state index contributed by atoms with van der Waals surface area (Å²) in [7, 11) is 0. The summed E-state index contributed by atoms with van der Waals surface area (Å²) < 4.78 is 0.0336. The SMILES string of the molecule is CCO[N+]1(CC(=O)O)C=NCC1. The van der Waals surface area contributed by atoms with Gasteiger partial charge in [-0.05, 0) is 6.92 Å². The number of hydroxylamine groups is 3. The van der Waals surface area contributed by atoms with Gasteiger partial charge < -0.3 is 5.11 Å². The lowest BCUT2D eigenvalue weighted by Crippen LogP contribution is -2.48. The molecule has 0 spiro atoms. The Kier molecular flexibility index (Phi) is 2.78. The summed E-state index contributed by atoms with van der Waals surface area (Å²) in [6, 6.07) is 0. The van der Waals surface area contributed by atoms with Crippen molar-refractivity contribution < 1.29 is 19.4 Å². The van der Waals surface area contributed by atoms with Gasteiger partial charge in [-0.2, -0.15) is 4.84 Å². The molecule has 0 aromatic carbocycles. The molecule has 0 amide bonds. The molecule has 1 unspecified atom stereocenters. The number of hydrogen-bond donors (Lipinski definition) is 1. The van der Waals surface area contributed by atoms with Crippen LogP contribution in [-0.4, -0.2) is 48.3 Å². The maximum absolute atomic E-state index is 10.5. The van der Waals surface area contributed by atoms with Crippen LogP contribution >= 0.6 is 0 Å². The van der Waals surface area contributed by atoms with Gasteiger partial charge in [0.1, 0.15) is 13.2 Å². The Morgan fingerprint density at radius 1 is 1.83 bits per heavy atom. The van der Waals surface area contributed by atoms with E-state index in [9.17, 15) is 4.79 Å². The van der Waals surface area contributed by atoms with Crippen molar-refractivity contribution in [2.24, 2.45) is 4.99 Å². The molecule has 1 aliphatic heterocycles. The maximum atomic E-state index is 10.5. The van der Waals surface area contributed by atoms with Crippen LogP contribution in [0.2, 0.25) is 0 Å². The van der Waals surface area contributed by atoms with Crippen LogP contribution in [0.25, 0.3) is 0 Å². The summed E-state index contributed by atoms with van der Waals surface area (Å²) in [4.78, 5) is 19.8. The summed E-state index contributed by atoms with van der Waals surface area (Å²) in [5, 5.41) is 8.61. The van der Waals surface area contributed by atoms with Crippen LogP contribution in [0, 0.1) is 0 Å². The highest BCUT2D eigenvalue weighted by atomic mass is 16.7. The quantitative estimate of drug-likeness (QED) is 0.603. The van der Waals surface area contributed by atoms with E-state index in [1.807, 2.05) is 6.92 Å². The number of hydrogen-bond acceptors (Lipinski definition) is 3. The molecule has 0 bridgehead atoms. The Hall–Kier alpha value is -0.940. The normalized spacial score (nSPS) is 27.8. The standard InChI is InChI=1S/C7H12N2O3/c1-2-12-9(5-7(10)11)4-3-8-6-9/h6H,2-5H2,1H3/p+1. The predicted molar refractivity (Wildman–Crippen MR) is 42.6 cm³/mol. The van der Waals surface area contributed by atoms with Crippen molar-refractivity contribution in [3.05, 3.63) is 0 Å². The minimum absolute atomic E-state index is 0.0336. The zero-order valence-electron chi connectivity index (χ0n) is 7.06. The predicted octanol–water partition coefficient (Wildman–Crippen LogP) is -0.119. The third-order valence-electron chi connectivity index (χ3n) is 1.69. The molecular weight excluding hydrogens is 160 g/mol. The second kappa shape index (κ2) is 3.64. The third-order valence-corrected chi connectivity index (χ3v) is 1.69. The highest BCUT2D eigenvalue weighted by Crippen LogP contribution is 2.09. The van der Waals surface area contributed by atoms with Crippen LogP contribution in [0.15, 0.2) is 4.99 Å². The number of carboxylic acid groups (broad SMARTS) is 1. The molecule has 0 radical (unpaired) electrons. The largest absolute Gasteiger partial charge is 0.477 e. The Morgan fingerprint density at radius 2 is 2.58 bits per heavy atom. The molecule has 0 aromatic rings. The fraction of sp³-hybridized carbons (Fsp3) is 0.714. The Labute approximate surface area is 70.8 Å². The smallest absolute Gasteiger partial charge is 0.362 e. The molecule has 0 aliphatic carbocycles. The molecule has 1 rings (SSSR count). The average molecular weight is 173 g/mol. The van der Waals surface area contributed by atoms with Crippen LogP contribution in [0.5, 0.6) is 0 Å². The Bertz CT molecular complexity index is 205. The summed E-state index contributed by atoms with van der Waals surface area (Å²) in [5.41, 5.74) is 0. The number of aliphatic carboxylic acids is 1. The number of aliphatic imine (C=N–C) groups is 1. The van der Waals surface area contributed by atoms with Crippen molar-refractivity contribution >= 4 is 12.3 Å². The lowest BCUT2D eigenvalue weighted by Gasteiger charge is -2.24. The number of rotatable bonds is 4. The van der Waals surface area contributed by atoms with Crippen LogP contribution in [-0.2, 0) is 9.63 Å². The van der Waals surface area contributed by atoms with Crippen molar-refractivity contribution in [3.8, 4) is 0 Å². The van der Waals surface area contributed by atoms with Gasteiger partial charge in [-0.3, -0.25) is 0 Å². The van der Waals surface area contributed by atoms with Crippen LogP contribution < -0.4 is 0 Å². The first-order chi connectivity index (χ1) is 5.68. The van der Waals surface area contributed by atoms with E-state index in [4.69, 9.17) is 9.94 Å². The van der Waals surface area contributed by atoms with Crippen LogP contribution in [0.3, 0.4) is 0 Å². The molecule has 1 atom stereocenters. The molecule has 68 valence electrons. The first-order valence-electron chi connectivity index (χ1n) is 3.92. The maximum Gasteiger partial charge on any atom is 0.362 e. The second-order valence-electron chi connectivity index (χ2n) is 2.67. The molecular formula is C7H13N2O3+. The monoisotopic (exact) mass is 173 g/mol. The van der Waals surface area contributed by atoms with Gasteiger partial charge >= 0.3 is 5.97 Å². The van der Waals surface area contributed by atoms with Crippen LogP contribution in [0.1, 0.15) is 6.92 Å². The van der Waals surface area contributed by atoms with E-state index in [2.05, 4.69) is 4.99 Å². The number of quaternary nitrogens is 1. The van der Waals surface area contributed by atoms with Gasteiger partial charge in [0, 0.05) is 0 Å². The summed E-state index contributed by atoms with van der Waals surface area (Å²) >= 11 is 0. The van der Waals surface area contributed by atoms with E-state index < -0.39 is 5.97 Å². The van der Waals surface area contributed by atoms with Gasteiger partial charge in [0.05, 0.1) is 6.54 Å². The van der Waals surface area contributed by atoms with E-state index >= 15 is 0 Å². The molecule has 12 heavy (non-hydrogen) atoms. The van der Waals surface area contributed by atoms with Crippen molar-refractivity contribution in [2.75, 3.05) is 26.2 Å². The summed E-state index contributed by atoms with van der Waals surface area (Å²) in [6.07, 6.45) is 1.57. The number of nitrogens with zero attached hydrogens (tertiary/aromatic N) is 2. The molecule has 0 aromatic heterocycles. The summed E-state index contributed by atoms with van der Waals surface area (Å²) in [6.45, 7) is 3.57. The van der Waals surface area contributed by atoms with Gasteiger partial charge in [0.25, 0.3) is 0 Å². The molecule has 5 heteroatoms. The van der Waals surface area contributed by atoms with Gasteiger partial charge in [-0.1, -0.05) is 0 Å². The van der Waals surface area contributed by atoms with E-state index in [-0.39, 0.29) is 11.2 Å². The fourth-order valence-electron chi connectivity index (χ4n) is 1.24. The van der Waals surface area contributed by atoms with Crippen molar-refractivity contribution in [3.63, 3.8) is 0 Å². The minimum Gasteiger partial charge on any atom is -0.477 e. The molecule has 0 saturated carbocycles. The number of carbonyl (C=O) groups is 1. The first kappa shape index (κ1) is 9.15. The Balaban J connectivity index is 2.59. The van der Waals surface area contributed by atoms with Gasteiger partial charge in [-0.25, -0.2) is 9.79 Å². The van der Waals surface area contributed by atoms with Crippen LogP contribution in [0.4, 0.5) is 0 Å². The zero-order chi connectivity index (χ0) is 9.03. The lowest BCUT2D eigenvalue weighted by molar-refractivity contribution is -1.02. The molecule has 0 fully saturated rings. The van der Waals surface area contributed by atoms with E-state index in [0.29, 0.717) is 19.7 Å². The lowest BCUT2D eigenvalue weighted by atomic mass is 10.5. The first-order valence-corrected chi connectivity index (χ1v) is 3.92. The molecule has 1 heterocycles. The van der Waals surface area contributed by atoms with Crippen molar-refractivity contribution in [1.29, 1.82) is 0 Å². The molecule has 1 aliphatic rings. The highest BCUT2D eigenvalue weighted by molar-refractivity contribution is 5.69. The fourth-order valence-corrected chi connectivity index (χ4v) is 1.24. The second-order valence-corrected chi connectivity index (χ2v) is 2.67. The van der Waals surface area contributed by atoms with E-state index in [0.717, 1.165) is 0 Å². The van der Waals surface area contributed by atoms with Crippen molar-refractivity contribution in [1.82, 2.24) is 0 Å². The summed E-state index contributed by atoms with van der Waals surface area (Å²) in [5.74, 6) is -0.864. The Morgan fingerprint density at radius 3 is 3.00 bits per heavy atom. The van der Waals surface area contributed by atoms with Gasteiger partial charge in [-0.15, -0.1) is 4.65 Å². The topological polar surface area (TPSA) is 58.9 Å². The van der Waals surface area contributed by atoms with E-state index in [1.54, 1.807) is 6.34 Å². The van der Waals surface area contributed by atoms with Crippen molar-refractivity contribution in [2.45, 2.75) is 6.92 Å². The van der Waals surface area contributed by atoms with E-state index in [1.165, 1.54) is 0 Å². The van der Waals surface area contributed by atoms with Gasteiger partial charge in [0.15, 0.2) is 0 Å². The minimum atomic E-state index is -0.864. The number of carboxylic acids is 1. The molecule has 0 saturated heterocycles. The molecule has 5 nitrogen and oxygen atoms in total.